The number of aromatic nitrogens is 2. The van der Waals surface area contributed by atoms with Gasteiger partial charge in [0.15, 0.2) is 11.5 Å². The molecule has 4 rings (SSSR count). The molecule has 0 bridgehead atoms. The minimum absolute atomic E-state index is 0.0487. The third kappa shape index (κ3) is 3.12. The van der Waals surface area contributed by atoms with Crippen molar-refractivity contribution in [3.8, 4) is 11.5 Å². The van der Waals surface area contributed by atoms with Crippen molar-refractivity contribution < 1.29 is 14.3 Å². The Morgan fingerprint density at radius 2 is 2.00 bits per heavy atom. The third-order valence-electron chi connectivity index (χ3n) is 5.17. The number of aryl methyl sites for hydroxylation is 1. The predicted molar refractivity (Wildman–Crippen MR) is 103 cm³/mol. The Kier molecular flexibility index (Phi) is 4.48. The summed E-state index contributed by atoms with van der Waals surface area (Å²) in [5.74, 6) is 1.76. The number of ether oxygens (including phenoxy) is 2. The van der Waals surface area contributed by atoms with E-state index in [0.717, 1.165) is 41.4 Å². The predicted octanol–water partition coefficient (Wildman–Crippen LogP) is 3.29. The summed E-state index contributed by atoms with van der Waals surface area (Å²) in [6.45, 7) is 3.34. The lowest BCUT2D eigenvalue weighted by Gasteiger charge is -2.19. The number of fused-ring (bicyclic) bond motifs is 1. The van der Waals surface area contributed by atoms with Gasteiger partial charge in [-0.1, -0.05) is 12.1 Å². The van der Waals surface area contributed by atoms with Gasteiger partial charge in [-0.2, -0.15) is 0 Å². The van der Waals surface area contributed by atoms with E-state index >= 15 is 0 Å². The van der Waals surface area contributed by atoms with Gasteiger partial charge < -0.3 is 18.8 Å². The standard InChI is InChI=1S/C21H23N3O3/c1-14-11-24-13-16(7-8-19(24)22-14)21(25)23-10-9-15(12-23)17-5-4-6-18(26-2)20(17)27-3/h4-8,11,13,15H,9-10,12H2,1-3H3/t15-/m1/s1. The number of imidazole rings is 1. The van der Waals surface area contributed by atoms with Crippen LogP contribution in [0.4, 0.5) is 0 Å². The first-order chi connectivity index (χ1) is 13.1. The second-order valence-electron chi connectivity index (χ2n) is 6.89. The van der Waals surface area contributed by atoms with E-state index in [2.05, 4.69) is 11.1 Å². The first kappa shape index (κ1) is 17.4. The summed E-state index contributed by atoms with van der Waals surface area (Å²) in [6.07, 6.45) is 4.69. The highest BCUT2D eigenvalue weighted by Crippen LogP contribution is 2.39. The van der Waals surface area contributed by atoms with E-state index in [-0.39, 0.29) is 11.8 Å². The minimum Gasteiger partial charge on any atom is -0.493 e. The molecule has 0 N–H and O–H groups in total. The van der Waals surface area contributed by atoms with Crippen LogP contribution in [0.2, 0.25) is 0 Å². The van der Waals surface area contributed by atoms with Crippen molar-refractivity contribution in [1.82, 2.24) is 14.3 Å². The van der Waals surface area contributed by atoms with Crippen molar-refractivity contribution in [2.45, 2.75) is 19.3 Å². The summed E-state index contributed by atoms with van der Waals surface area (Å²) in [5, 5.41) is 0. The average Bonchev–Trinajstić information content (AvgIpc) is 3.31. The molecule has 2 aromatic heterocycles. The van der Waals surface area contributed by atoms with E-state index in [4.69, 9.17) is 9.47 Å². The zero-order valence-electron chi connectivity index (χ0n) is 15.8. The summed E-state index contributed by atoms with van der Waals surface area (Å²) in [4.78, 5) is 19.3. The van der Waals surface area contributed by atoms with Gasteiger partial charge in [0.05, 0.1) is 25.5 Å². The van der Waals surface area contributed by atoms with E-state index in [0.29, 0.717) is 12.1 Å². The Bertz CT molecular complexity index is 996. The molecular weight excluding hydrogens is 342 g/mol. The maximum Gasteiger partial charge on any atom is 0.255 e. The molecule has 27 heavy (non-hydrogen) atoms. The van der Waals surface area contributed by atoms with Gasteiger partial charge in [-0.05, 0) is 31.5 Å². The van der Waals surface area contributed by atoms with Crippen molar-refractivity contribution in [2.75, 3.05) is 27.3 Å². The highest BCUT2D eigenvalue weighted by Gasteiger charge is 2.30. The molecule has 1 saturated heterocycles. The number of hydrogen-bond acceptors (Lipinski definition) is 4. The molecule has 3 heterocycles. The van der Waals surface area contributed by atoms with Gasteiger partial charge in [-0.15, -0.1) is 0 Å². The molecule has 6 nitrogen and oxygen atoms in total. The molecule has 1 amide bonds. The number of pyridine rings is 1. The smallest absolute Gasteiger partial charge is 0.255 e. The fourth-order valence-corrected chi connectivity index (χ4v) is 3.86. The number of hydrogen-bond donors (Lipinski definition) is 0. The number of carbonyl (C=O) groups excluding carboxylic acids is 1. The third-order valence-corrected chi connectivity index (χ3v) is 5.17. The molecule has 0 spiro atoms. The molecule has 1 aromatic carbocycles. The SMILES string of the molecule is COc1cccc([C@@H]2CCN(C(=O)c3ccc4nc(C)cn4c3)C2)c1OC. The first-order valence-corrected chi connectivity index (χ1v) is 9.06. The topological polar surface area (TPSA) is 56.1 Å². The Morgan fingerprint density at radius 1 is 1.15 bits per heavy atom. The Morgan fingerprint density at radius 3 is 2.78 bits per heavy atom. The van der Waals surface area contributed by atoms with Gasteiger partial charge in [-0.3, -0.25) is 4.79 Å². The van der Waals surface area contributed by atoms with Crippen molar-refractivity contribution in [1.29, 1.82) is 0 Å². The van der Waals surface area contributed by atoms with Crippen LogP contribution in [-0.2, 0) is 0 Å². The Balaban J connectivity index is 1.56. The van der Waals surface area contributed by atoms with Crippen molar-refractivity contribution in [3.05, 3.63) is 59.5 Å². The molecule has 1 aliphatic heterocycles. The fourth-order valence-electron chi connectivity index (χ4n) is 3.86. The summed E-state index contributed by atoms with van der Waals surface area (Å²) in [7, 11) is 3.29. The van der Waals surface area contributed by atoms with E-state index in [1.165, 1.54) is 0 Å². The number of nitrogens with zero attached hydrogens (tertiary/aromatic N) is 3. The van der Waals surface area contributed by atoms with Gasteiger partial charge in [0.25, 0.3) is 5.91 Å². The zero-order valence-corrected chi connectivity index (χ0v) is 15.8. The Labute approximate surface area is 158 Å². The van der Waals surface area contributed by atoms with E-state index in [1.54, 1.807) is 14.2 Å². The van der Waals surface area contributed by atoms with Crippen LogP contribution in [0.1, 0.15) is 34.0 Å². The lowest BCUT2D eigenvalue weighted by molar-refractivity contribution is 0.0790. The highest BCUT2D eigenvalue weighted by atomic mass is 16.5. The minimum atomic E-state index is 0.0487. The number of para-hydroxylation sites is 1. The van der Waals surface area contributed by atoms with Crippen LogP contribution in [0.25, 0.3) is 5.65 Å². The maximum atomic E-state index is 13.0. The van der Waals surface area contributed by atoms with Crippen LogP contribution in [-0.4, -0.2) is 47.5 Å². The van der Waals surface area contributed by atoms with Gasteiger partial charge in [-0.25, -0.2) is 4.98 Å². The second kappa shape index (κ2) is 6.95. The van der Waals surface area contributed by atoms with Crippen LogP contribution in [0.5, 0.6) is 11.5 Å². The van der Waals surface area contributed by atoms with Crippen molar-refractivity contribution in [3.63, 3.8) is 0 Å². The van der Waals surface area contributed by atoms with Crippen LogP contribution < -0.4 is 9.47 Å². The number of benzene rings is 1. The number of rotatable bonds is 4. The first-order valence-electron chi connectivity index (χ1n) is 9.06. The van der Waals surface area contributed by atoms with Crippen molar-refractivity contribution in [2.24, 2.45) is 0 Å². The van der Waals surface area contributed by atoms with Crippen LogP contribution in [0, 0.1) is 6.92 Å². The van der Waals surface area contributed by atoms with Crippen molar-refractivity contribution >= 4 is 11.6 Å². The molecule has 3 aromatic rings. The molecule has 1 fully saturated rings. The largest absolute Gasteiger partial charge is 0.493 e. The van der Waals surface area contributed by atoms with E-state index < -0.39 is 0 Å². The van der Waals surface area contributed by atoms with Gasteiger partial charge in [0.2, 0.25) is 0 Å². The normalized spacial score (nSPS) is 16.7. The molecule has 1 aliphatic rings. The summed E-state index contributed by atoms with van der Waals surface area (Å²) >= 11 is 0. The monoisotopic (exact) mass is 365 g/mol. The molecular formula is C21H23N3O3. The zero-order chi connectivity index (χ0) is 19.0. The maximum absolute atomic E-state index is 13.0. The van der Waals surface area contributed by atoms with E-state index in [1.807, 2.05) is 52.9 Å². The highest BCUT2D eigenvalue weighted by molar-refractivity contribution is 5.94. The molecule has 140 valence electrons. The summed E-state index contributed by atoms with van der Waals surface area (Å²) in [6, 6.07) is 9.65. The van der Waals surface area contributed by atoms with Crippen LogP contribution >= 0.6 is 0 Å². The molecule has 0 saturated carbocycles. The van der Waals surface area contributed by atoms with Gasteiger partial charge in [0, 0.05) is 37.0 Å². The second-order valence-corrected chi connectivity index (χ2v) is 6.89. The number of methoxy groups -OCH3 is 2. The van der Waals surface area contributed by atoms with Gasteiger partial charge >= 0.3 is 0 Å². The molecule has 1 atom stereocenters. The molecule has 0 aliphatic carbocycles. The lowest BCUT2D eigenvalue weighted by atomic mass is 9.97. The lowest BCUT2D eigenvalue weighted by Crippen LogP contribution is -2.28. The van der Waals surface area contributed by atoms with E-state index in [9.17, 15) is 4.79 Å². The fraction of sp³-hybridized carbons (Fsp3) is 0.333. The average molecular weight is 365 g/mol. The molecule has 6 heteroatoms. The van der Waals surface area contributed by atoms with Gasteiger partial charge in [0.1, 0.15) is 5.65 Å². The van der Waals surface area contributed by atoms with Crippen LogP contribution in [0.3, 0.4) is 0 Å². The number of amides is 1. The summed E-state index contributed by atoms with van der Waals surface area (Å²) in [5.41, 5.74) is 3.56. The Hall–Kier alpha value is -3.02. The molecule has 0 radical (unpaired) electrons. The summed E-state index contributed by atoms with van der Waals surface area (Å²) < 4.78 is 12.9. The van der Waals surface area contributed by atoms with Crippen LogP contribution in [0.15, 0.2) is 42.7 Å². The number of carbonyl (C=O) groups is 1. The molecule has 0 unspecified atom stereocenters. The number of likely N-dealkylation sites (tertiary alicyclic amines) is 1. The quantitative estimate of drug-likeness (QED) is 0.712.